The highest BCUT2D eigenvalue weighted by Gasteiger charge is 2.23. The van der Waals surface area contributed by atoms with Crippen molar-refractivity contribution >= 4 is 21.5 Å². The SMILES string of the molecule is CN=C(NCCCS(=O)(=O)c1ccccc1)NC1CCN(c2ccccc2)C1. The molecule has 150 valence electrons. The van der Waals surface area contributed by atoms with Gasteiger partial charge in [-0.15, -0.1) is 0 Å². The molecule has 2 aromatic carbocycles. The van der Waals surface area contributed by atoms with Crippen molar-refractivity contribution in [3.05, 3.63) is 60.7 Å². The van der Waals surface area contributed by atoms with Crippen LogP contribution in [-0.2, 0) is 9.84 Å². The van der Waals surface area contributed by atoms with Crippen LogP contribution in [0.2, 0.25) is 0 Å². The third-order valence-corrected chi connectivity index (χ3v) is 6.68. The molecule has 1 aliphatic rings. The molecule has 1 unspecified atom stereocenters. The molecule has 1 aliphatic heterocycles. The van der Waals surface area contributed by atoms with E-state index in [1.165, 1.54) is 5.69 Å². The monoisotopic (exact) mass is 400 g/mol. The number of benzene rings is 2. The van der Waals surface area contributed by atoms with E-state index >= 15 is 0 Å². The summed E-state index contributed by atoms with van der Waals surface area (Å²) in [4.78, 5) is 7.01. The van der Waals surface area contributed by atoms with Crippen molar-refractivity contribution in [2.24, 2.45) is 4.99 Å². The van der Waals surface area contributed by atoms with Gasteiger partial charge in [-0.25, -0.2) is 8.42 Å². The molecule has 0 aromatic heterocycles. The number of aliphatic imine (C=N–C) groups is 1. The molecular weight excluding hydrogens is 372 g/mol. The quantitative estimate of drug-likeness (QED) is 0.424. The first-order valence-electron chi connectivity index (χ1n) is 9.63. The van der Waals surface area contributed by atoms with E-state index in [1.807, 2.05) is 12.1 Å². The van der Waals surface area contributed by atoms with Gasteiger partial charge in [-0.1, -0.05) is 36.4 Å². The van der Waals surface area contributed by atoms with Crippen LogP contribution in [0.5, 0.6) is 0 Å². The van der Waals surface area contributed by atoms with E-state index in [0.29, 0.717) is 23.9 Å². The molecule has 0 bridgehead atoms. The fraction of sp³-hybridized carbons (Fsp3) is 0.381. The summed E-state index contributed by atoms with van der Waals surface area (Å²) in [5.41, 5.74) is 1.24. The van der Waals surface area contributed by atoms with Gasteiger partial charge in [0.25, 0.3) is 0 Å². The van der Waals surface area contributed by atoms with E-state index in [9.17, 15) is 8.42 Å². The van der Waals surface area contributed by atoms with Crippen LogP contribution in [0.15, 0.2) is 70.6 Å². The minimum atomic E-state index is -3.23. The molecule has 1 heterocycles. The minimum absolute atomic E-state index is 0.117. The van der Waals surface area contributed by atoms with Gasteiger partial charge in [-0.2, -0.15) is 0 Å². The molecule has 1 atom stereocenters. The second-order valence-corrected chi connectivity index (χ2v) is 9.01. The van der Waals surface area contributed by atoms with Gasteiger partial charge < -0.3 is 15.5 Å². The van der Waals surface area contributed by atoms with Crippen molar-refractivity contribution in [2.75, 3.05) is 37.3 Å². The number of guanidine groups is 1. The van der Waals surface area contributed by atoms with Crippen LogP contribution >= 0.6 is 0 Å². The second-order valence-electron chi connectivity index (χ2n) is 6.90. The summed E-state index contributed by atoms with van der Waals surface area (Å²) in [5.74, 6) is 0.837. The lowest BCUT2D eigenvalue weighted by molar-refractivity contribution is 0.591. The first-order valence-corrected chi connectivity index (χ1v) is 11.3. The summed E-state index contributed by atoms with van der Waals surface area (Å²) in [7, 11) is -1.50. The van der Waals surface area contributed by atoms with Crippen LogP contribution in [-0.4, -0.2) is 52.9 Å². The first-order chi connectivity index (χ1) is 13.6. The van der Waals surface area contributed by atoms with Crippen molar-refractivity contribution in [2.45, 2.75) is 23.8 Å². The molecule has 0 aliphatic carbocycles. The number of anilines is 1. The Morgan fingerprint density at radius 3 is 2.46 bits per heavy atom. The molecule has 28 heavy (non-hydrogen) atoms. The van der Waals surface area contributed by atoms with Crippen LogP contribution in [0.1, 0.15) is 12.8 Å². The van der Waals surface area contributed by atoms with Crippen LogP contribution in [0.3, 0.4) is 0 Å². The molecule has 2 aromatic rings. The second kappa shape index (κ2) is 9.59. The lowest BCUT2D eigenvalue weighted by atomic mass is 10.3. The third-order valence-electron chi connectivity index (χ3n) is 4.86. The summed E-state index contributed by atoms with van der Waals surface area (Å²) >= 11 is 0. The molecule has 0 saturated carbocycles. The summed E-state index contributed by atoms with van der Waals surface area (Å²) in [6.45, 7) is 2.49. The largest absolute Gasteiger partial charge is 0.369 e. The third kappa shape index (κ3) is 5.48. The Balaban J connectivity index is 1.42. The molecule has 1 fully saturated rings. The highest BCUT2D eigenvalue weighted by Crippen LogP contribution is 2.19. The average molecular weight is 401 g/mol. The lowest BCUT2D eigenvalue weighted by Crippen LogP contribution is -2.45. The van der Waals surface area contributed by atoms with Crippen molar-refractivity contribution in [1.29, 1.82) is 0 Å². The Kier molecular flexibility index (Phi) is 6.92. The fourth-order valence-corrected chi connectivity index (χ4v) is 4.69. The zero-order valence-corrected chi connectivity index (χ0v) is 17.0. The maximum Gasteiger partial charge on any atom is 0.191 e. The van der Waals surface area contributed by atoms with Crippen molar-refractivity contribution in [3.63, 3.8) is 0 Å². The van der Waals surface area contributed by atoms with E-state index in [-0.39, 0.29) is 5.75 Å². The van der Waals surface area contributed by atoms with Crippen LogP contribution < -0.4 is 15.5 Å². The van der Waals surface area contributed by atoms with Gasteiger partial charge in [0.15, 0.2) is 15.8 Å². The van der Waals surface area contributed by atoms with Crippen LogP contribution in [0, 0.1) is 0 Å². The predicted octanol–water partition coefficient (Wildman–Crippen LogP) is 2.29. The molecule has 0 radical (unpaired) electrons. The van der Waals surface area contributed by atoms with E-state index in [2.05, 4.69) is 44.8 Å². The molecule has 0 amide bonds. The number of hydrogen-bond acceptors (Lipinski definition) is 4. The molecule has 0 spiro atoms. The maximum atomic E-state index is 12.3. The van der Waals surface area contributed by atoms with E-state index in [0.717, 1.165) is 25.5 Å². The zero-order chi connectivity index (χ0) is 19.8. The highest BCUT2D eigenvalue weighted by atomic mass is 32.2. The zero-order valence-electron chi connectivity index (χ0n) is 16.2. The Morgan fingerprint density at radius 2 is 1.79 bits per heavy atom. The van der Waals surface area contributed by atoms with E-state index in [1.54, 1.807) is 31.3 Å². The van der Waals surface area contributed by atoms with Gasteiger partial charge in [0.2, 0.25) is 0 Å². The van der Waals surface area contributed by atoms with Crippen molar-refractivity contribution in [3.8, 4) is 0 Å². The Morgan fingerprint density at radius 1 is 1.11 bits per heavy atom. The lowest BCUT2D eigenvalue weighted by Gasteiger charge is -2.20. The molecular formula is C21H28N4O2S. The van der Waals surface area contributed by atoms with Gasteiger partial charge in [0.05, 0.1) is 10.6 Å². The smallest absolute Gasteiger partial charge is 0.191 e. The van der Waals surface area contributed by atoms with Gasteiger partial charge in [0.1, 0.15) is 0 Å². The topological polar surface area (TPSA) is 73.8 Å². The van der Waals surface area contributed by atoms with Gasteiger partial charge in [0, 0.05) is 38.4 Å². The van der Waals surface area contributed by atoms with Gasteiger partial charge >= 0.3 is 0 Å². The van der Waals surface area contributed by atoms with Crippen molar-refractivity contribution < 1.29 is 8.42 Å². The number of nitrogens with one attached hydrogen (secondary N) is 2. The summed E-state index contributed by atoms with van der Waals surface area (Å²) in [5, 5.41) is 6.67. The first kappa shape index (κ1) is 20.2. The maximum absolute atomic E-state index is 12.3. The number of hydrogen-bond donors (Lipinski definition) is 2. The van der Waals surface area contributed by atoms with Crippen molar-refractivity contribution in [1.82, 2.24) is 10.6 Å². The van der Waals surface area contributed by atoms with E-state index in [4.69, 9.17) is 0 Å². The molecule has 1 saturated heterocycles. The Hall–Kier alpha value is -2.54. The van der Waals surface area contributed by atoms with Crippen LogP contribution in [0.4, 0.5) is 5.69 Å². The number of para-hydroxylation sites is 1. The van der Waals surface area contributed by atoms with Gasteiger partial charge in [-0.3, -0.25) is 4.99 Å². The molecule has 6 nitrogen and oxygen atoms in total. The van der Waals surface area contributed by atoms with E-state index < -0.39 is 9.84 Å². The highest BCUT2D eigenvalue weighted by molar-refractivity contribution is 7.91. The summed E-state index contributed by atoms with van der Waals surface area (Å²) < 4.78 is 24.6. The molecule has 3 rings (SSSR count). The summed E-state index contributed by atoms with van der Waals surface area (Å²) in [6.07, 6.45) is 1.57. The Labute approximate surface area is 167 Å². The standard InChI is InChI=1S/C21H28N4O2S/c1-22-21(23-14-8-16-28(26,27)20-11-6-3-7-12-20)24-18-13-15-25(17-18)19-9-4-2-5-10-19/h2-7,9-12,18H,8,13-17H2,1H3,(H2,22,23,24). The number of nitrogens with zero attached hydrogens (tertiary/aromatic N) is 2. The Bertz CT molecular complexity index is 870. The molecule has 7 heteroatoms. The number of sulfone groups is 1. The normalized spacial score (nSPS) is 17.5. The summed E-state index contributed by atoms with van der Waals surface area (Å²) in [6, 6.07) is 19.3. The van der Waals surface area contributed by atoms with Crippen LogP contribution in [0.25, 0.3) is 0 Å². The minimum Gasteiger partial charge on any atom is -0.369 e. The number of rotatable bonds is 7. The fourth-order valence-electron chi connectivity index (χ4n) is 3.35. The van der Waals surface area contributed by atoms with Gasteiger partial charge in [-0.05, 0) is 37.1 Å². The predicted molar refractivity (Wildman–Crippen MR) is 115 cm³/mol. The average Bonchev–Trinajstić information content (AvgIpc) is 3.20. The molecule has 2 N–H and O–H groups in total.